The molecule has 21 heavy (non-hydrogen) atoms. The highest BCUT2D eigenvalue weighted by molar-refractivity contribution is 7.94. The minimum atomic E-state index is -5.08. The lowest BCUT2D eigenvalue weighted by Gasteiger charge is -2.28. The Hall–Kier alpha value is -1.83. The van der Waals surface area contributed by atoms with Gasteiger partial charge >= 0.3 is 12.1 Å². The van der Waals surface area contributed by atoms with Crippen molar-refractivity contribution in [2.45, 2.75) is 19.1 Å². The van der Waals surface area contributed by atoms with Gasteiger partial charge < -0.3 is 0 Å². The second-order valence-corrected chi connectivity index (χ2v) is 6.67. The van der Waals surface area contributed by atoms with E-state index in [1.165, 1.54) is 18.2 Å². The SMILES string of the molecule is Cc1cccc(N(C(=O)C(F)(F)F)[C@H]2C=CS(=O)(=O)C2)c1. The number of alkyl halides is 3. The summed E-state index contributed by atoms with van der Waals surface area (Å²) >= 11 is 0. The van der Waals surface area contributed by atoms with Gasteiger partial charge in [-0.1, -0.05) is 12.1 Å². The number of sulfone groups is 1. The third kappa shape index (κ3) is 3.44. The Morgan fingerprint density at radius 1 is 1.33 bits per heavy atom. The van der Waals surface area contributed by atoms with Gasteiger partial charge in [0.05, 0.1) is 11.8 Å². The van der Waals surface area contributed by atoms with Crippen molar-refractivity contribution in [3.05, 3.63) is 41.3 Å². The van der Waals surface area contributed by atoms with E-state index in [4.69, 9.17) is 0 Å². The summed E-state index contributed by atoms with van der Waals surface area (Å²) in [5.74, 6) is -2.64. The lowest BCUT2D eigenvalue weighted by atomic mass is 10.1. The zero-order chi connectivity index (χ0) is 15.8. The van der Waals surface area contributed by atoms with Gasteiger partial charge in [-0.05, 0) is 30.7 Å². The molecule has 0 radical (unpaired) electrons. The molecule has 1 aliphatic rings. The van der Waals surface area contributed by atoms with Crippen LogP contribution in [0.25, 0.3) is 0 Å². The molecular formula is C13H12F3NO3S. The van der Waals surface area contributed by atoms with Gasteiger partial charge in [0.1, 0.15) is 0 Å². The molecule has 0 aliphatic carbocycles. The van der Waals surface area contributed by atoms with E-state index in [9.17, 15) is 26.4 Å². The van der Waals surface area contributed by atoms with Gasteiger partial charge in [-0.15, -0.1) is 0 Å². The Morgan fingerprint density at radius 2 is 2.00 bits per heavy atom. The average Bonchev–Trinajstić information content (AvgIpc) is 2.68. The summed E-state index contributed by atoms with van der Waals surface area (Å²) in [6.07, 6.45) is -3.98. The fourth-order valence-electron chi connectivity index (χ4n) is 2.09. The van der Waals surface area contributed by atoms with E-state index in [0.717, 1.165) is 11.5 Å². The van der Waals surface area contributed by atoms with E-state index < -0.39 is 33.7 Å². The molecule has 1 heterocycles. The third-order valence-electron chi connectivity index (χ3n) is 2.98. The highest BCUT2D eigenvalue weighted by Gasteiger charge is 2.46. The molecule has 8 heteroatoms. The number of benzene rings is 1. The Bertz CT molecular complexity index is 695. The summed E-state index contributed by atoms with van der Waals surface area (Å²) in [6.45, 7) is 1.67. The molecule has 1 atom stereocenters. The van der Waals surface area contributed by atoms with E-state index >= 15 is 0 Å². The zero-order valence-electron chi connectivity index (χ0n) is 11.0. The largest absolute Gasteiger partial charge is 0.471 e. The number of nitrogens with zero attached hydrogens (tertiary/aromatic N) is 1. The molecule has 0 fully saturated rings. The van der Waals surface area contributed by atoms with Crippen LogP contribution in [-0.4, -0.2) is 32.3 Å². The highest BCUT2D eigenvalue weighted by Crippen LogP contribution is 2.29. The first-order valence-electron chi connectivity index (χ1n) is 5.98. The van der Waals surface area contributed by atoms with Gasteiger partial charge in [-0.25, -0.2) is 8.42 Å². The molecule has 0 spiro atoms. The average molecular weight is 319 g/mol. The van der Waals surface area contributed by atoms with Gasteiger partial charge in [0.15, 0.2) is 9.84 Å². The number of hydrogen-bond donors (Lipinski definition) is 0. The van der Waals surface area contributed by atoms with Crippen LogP contribution in [0, 0.1) is 6.92 Å². The van der Waals surface area contributed by atoms with Crippen LogP contribution in [0.5, 0.6) is 0 Å². The minimum absolute atomic E-state index is 0.0177. The molecule has 1 aromatic carbocycles. The van der Waals surface area contributed by atoms with Crippen LogP contribution in [0.15, 0.2) is 35.7 Å². The maximum Gasteiger partial charge on any atom is 0.471 e. The normalized spacial score (nSPS) is 20.5. The number of aryl methyl sites for hydroxylation is 1. The van der Waals surface area contributed by atoms with Crippen LogP contribution in [0.2, 0.25) is 0 Å². The molecule has 1 aromatic rings. The van der Waals surface area contributed by atoms with E-state index in [1.807, 2.05) is 0 Å². The Balaban J connectivity index is 2.46. The quantitative estimate of drug-likeness (QED) is 0.840. The van der Waals surface area contributed by atoms with Crippen molar-refractivity contribution >= 4 is 21.4 Å². The van der Waals surface area contributed by atoms with Gasteiger partial charge in [0.2, 0.25) is 0 Å². The van der Waals surface area contributed by atoms with Crippen molar-refractivity contribution in [1.29, 1.82) is 0 Å². The fourth-order valence-corrected chi connectivity index (χ4v) is 3.36. The zero-order valence-corrected chi connectivity index (χ0v) is 11.8. The lowest BCUT2D eigenvalue weighted by Crippen LogP contribution is -2.47. The van der Waals surface area contributed by atoms with Crippen LogP contribution in [0.4, 0.5) is 18.9 Å². The van der Waals surface area contributed by atoms with E-state index in [-0.39, 0.29) is 5.69 Å². The summed E-state index contributed by atoms with van der Waals surface area (Å²) in [4.78, 5) is 12.1. The molecule has 4 nitrogen and oxygen atoms in total. The first kappa shape index (κ1) is 15.6. The molecule has 114 valence electrons. The molecule has 0 aromatic heterocycles. The summed E-state index contributed by atoms with van der Waals surface area (Å²) < 4.78 is 61.1. The van der Waals surface area contributed by atoms with Gasteiger partial charge in [0, 0.05) is 11.1 Å². The number of halogens is 3. The van der Waals surface area contributed by atoms with Crippen molar-refractivity contribution in [2.75, 3.05) is 10.7 Å². The van der Waals surface area contributed by atoms with Crippen molar-refractivity contribution in [3.8, 4) is 0 Å². The topological polar surface area (TPSA) is 54.5 Å². The highest BCUT2D eigenvalue weighted by atomic mass is 32.2. The Labute approximate surface area is 119 Å². The summed E-state index contributed by atoms with van der Waals surface area (Å²) in [5, 5.41) is 0.837. The van der Waals surface area contributed by atoms with Crippen molar-refractivity contribution in [3.63, 3.8) is 0 Å². The van der Waals surface area contributed by atoms with Crippen molar-refractivity contribution in [1.82, 2.24) is 0 Å². The second kappa shape index (κ2) is 5.18. The van der Waals surface area contributed by atoms with Gasteiger partial charge in [-0.3, -0.25) is 9.69 Å². The van der Waals surface area contributed by atoms with E-state index in [0.29, 0.717) is 10.5 Å². The summed E-state index contributed by atoms with van der Waals surface area (Å²) in [7, 11) is -3.58. The molecular weight excluding hydrogens is 307 g/mol. The molecule has 0 bridgehead atoms. The monoisotopic (exact) mass is 319 g/mol. The number of carbonyl (C=O) groups is 1. The lowest BCUT2D eigenvalue weighted by molar-refractivity contribution is -0.170. The van der Waals surface area contributed by atoms with Crippen LogP contribution < -0.4 is 4.90 Å². The minimum Gasteiger partial charge on any atom is -0.297 e. The van der Waals surface area contributed by atoms with Gasteiger partial charge in [-0.2, -0.15) is 13.2 Å². The van der Waals surface area contributed by atoms with Crippen LogP contribution in [0.1, 0.15) is 5.56 Å². The van der Waals surface area contributed by atoms with Crippen molar-refractivity contribution in [2.24, 2.45) is 0 Å². The molecule has 0 saturated heterocycles. The molecule has 0 N–H and O–H groups in total. The van der Waals surface area contributed by atoms with Crippen LogP contribution >= 0.6 is 0 Å². The predicted octanol–water partition coefficient (Wildman–Crippen LogP) is 2.20. The second-order valence-electron chi connectivity index (χ2n) is 4.74. The van der Waals surface area contributed by atoms with Crippen molar-refractivity contribution < 1.29 is 26.4 Å². The first-order chi connectivity index (χ1) is 9.60. The number of rotatable bonds is 2. The molecule has 0 saturated carbocycles. The number of hydrogen-bond acceptors (Lipinski definition) is 3. The third-order valence-corrected chi connectivity index (χ3v) is 4.36. The Kier molecular flexibility index (Phi) is 3.83. The molecule has 2 rings (SSSR count). The van der Waals surface area contributed by atoms with Crippen LogP contribution in [0.3, 0.4) is 0 Å². The van der Waals surface area contributed by atoms with E-state index in [2.05, 4.69) is 0 Å². The number of anilines is 1. The Morgan fingerprint density at radius 3 is 2.48 bits per heavy atom. The smallest absolute Gasteiger partial charge is 0.297 e. The number of carbonyl (C=O) groups excluding carboxylic acids is 1. The molecule has 1 amide bonds. The summed E-state index contributed by atoms with van der Waals surface area (Å²) in [5.41, 5.74) is 0.682. The standard InChI is InChI=1S/C13H12F3NO3S/c1-9-3-2-4-10(7-9)17(12(18)13(14,15)16)11-5-6-21(19,20)8-11/h2-7,11H,8H2,1H3/t11-/m0/s1. The maximum absolute atomic E-state index is 12.8. The van der Waals surface area contributed by atoms with E-state index in [1.54, 1.807) is 13.0 Å². The van der Waals surface area contributed by atoms with Crippen LogP contribution in [-0.2, 0) is 14.6 Å². The first-order valence-corrected chi connectivity index (χ1v) is 7.70. The fraction of sp³-hybridized carbons (Fsp3) is 0.308. The summed E-state index contributed by atoms with van der Waals surface area (Å²) in [6, 6.07) is 4.76. The number of amides is 1. The molecule has 1 aliphatic heterocycles. The molecule has 0 unspecified atom stereocenters. The van der Waals surface area contributed by atoms with Gasteiger partial charge in [0.25, 0.3) is 0 Å². The predicted molar refractivity (Wildman–Crippen MR) is 71.4 cm³/mol. The maximum atomic E-state index is 12.8.